The fourth-order valence-electron chi connectivity index (χ4n) is 2.34. The lowest BCUT2D eigenvalue weighted by Gasteiger charge is -2.32. The van der Waals surface area contributed by atoms with Gasteiger partial charge < -0.3 is 10.6 Å². The Morgan fingerprint density at radius 3 is 2.86 bits per heavy atom. The third-order valence-corrected chi connectivity index (χ3v) is 3.36. The molecular formula is C12H26N2. The zero-order valence-electron chi connectivity index (χ0n) is 9.67. The second-order valence-corrected chi connectivity index (χ2v) is 4.57. The van der Waals surface area contributed by atoms with Gasteiger partial charge in [-0.25, -0.2) is 0 Å². The van der Waals surface area contributed by atoms with E-state index in [0.29, 0.717) is 0 Å². The summed E-state index contributed by atoms with van der Waals surface area (Å²) in [6.07, 6.45) is 8.08. The van der Waals surface area contributed by atoms with E-state index in [2.05, 4.69) is 11.8 Å². The van der Waals surface area contributed by atoms with E-state index in [1.807, 2.05) is 0 Å². The predicted octanol–water partition coefficient (Wildman–Crippen LogP) is 2.24. The Bertz CT molecular complexity index is 136. The molecule has 2 heteroatoms. The molecule has 0 aromatic heterocycles. The lowest BCUT2D eigenvalue weighted by atomic mass is 9.95. The number of unbranched alkanes of at least 4 members (excludes halogenated alkanes) is 2. The molecule has 2 nitrogen and oxygen atoms in total. The molecule has 1 atom stereocenters. The number of hydrogen-bond acceptors (Lipinski definition) is 2. The van der Waals surface area contributed by atoms with E-state index in [1.165, 1.54) is 58.2 Å². The van der Waals surface area contributed by atoms with E-state index in [4.69, 9.17) is 5.73 Å². The maximum absolute atomic E-state index is 5.48. The second-order valence-electron chi connectivity index (χ2n) is 4.57. The molecule has 84 valence electrons. The number of rotatable bonds is 6. The molecule has 1 unspecified atom stereocenters. The normalized spacial score (nSPS) is 24.0. The predicted molar refractivity (Wildman–Crippen MR) is 62.4 cm³/mol. The first-order valence-electron chi connectivity index (χ1n) is 6.29. The minimum Gasteiger partial charge on any atom is -0.330 e. The summed E-state index contributed by atoms with van der Waals surface area (Å²) >= 11 is 0. The summed E-state index contributed by atoms with van der Waals surface area (Å²) in [7, 11) is 0. The molecule has 0 saturated carbocycles. The molecule has 1 saturated heterocycles. The molecule has 0 radical (unpaired) electrons. The number of nitrogens with zero attached hydrogens (tertiary/aromatic N) is 1. The van der Waals surface area contributed by atoms with Crippen LogP contribution in [0, 0.1) is 5.92 Å². The molecule has 2 N–H and O–H groups in total. The molecule has 14 heavy (non-hydrogen) atoms. The van der Waals surface area contributed by atoms with Crippen molar-refractivity contribution in [1.29, 1.82) is 0 Å². The van der Waals surface area contributed by atoms with Gasteiger partial charge in [0.15, 0.2) is 0 Å². The first-order chi connectivity index (χ1) is 6.86. The van der Waals surface area contributed by atoms with Crippen LogP contribution in [0.3, 0.4) is 0 Å². The minimum absolute atomic E-state index is 0.859. The number of likely N-dealkylation sites (tertiary alicyclic amines) is 1. The second kappa shape index (κ2) is 7.24. The SMILES string of the molecule is CCC1CCCN(CCCCCN)C1. The van der Waals surface area contributed by atoms with Crippen LogP contribution in [0.4, 0.5) is 0 Å². The van der Waals surface area contributed by atoms with E-state index in [9.17, 15) is 0 Å². The van der Waals surface area contributed by atoms with Crippen molar-refractivity contribution >= 4 is 0 Å². The molecule has 1 aliphatic rings. The van der Waals surface area contributed by atoms with E-state index in [-0.39, 0.29) is 0 Å². The Balaban J connectivity index is 2.05. The highest BCUT2D eigenvalue weighted by molar-refractivity contribution is 4.71. The number of nitrogens with two attached hydrogens (primary N) is 1. The van der Waals surface area contributed by atoms with Gasteiger partial charge in [0.05, 0.1) is 0 Å². The Labute approximate surface area is 88.8 Å². The topological polar surface area (TPSA) is 29.3 Å². The number of piperidine rings is 1. The minimum atomic E-state index is 0.859. The molecular weight excluding hydrogens is 172 g/mol. The summed E-state index contributed by atoms with van der Waals surface area (Å²) < 4.78 is 0. The van der Waals surface area contributed by atoms with E-state index in [0.717, 1.165) is 12.5 Å². The van der Waals surface area contributed by atoms with E-state index in [1.54, 1.807) is 0 Å². The molecule has 0 aromatic rings. The highest BCUT2D eigenvalue weighted by atomic mass is 15.1. The van der Waals surface area contributed by atoms with Gasteiger partial charge in [0.2, 0.25) is 0 Å². The van der Waals surface area contributed by atoms with E-state index >= 15 is 0 Å². The van der Waals surface area contributed by atoms with Gasteiger partial charge in [-0.2, -0.15) is 0 Å². The molecule has 1 aliphatic heterocycles. The monoisotopic (exact) mass is 198 g/mol. The van der Waals surface area contributed by atoms with E-state index < -0.39 is 0 Å². The third-order valence-electron chi connectivity index (χ3n) is 3.36. The molecule has 0 bridgehead atoms. The van der Waals surface area contributed by atoms with Gasteiger partial charge in [0.25, 0.3) is 0 Å². The first kappa shape index (κ1) is 12.0. The van der Waals surface area contributed by atoms with Crippen molar-refractivity contribution in [3.63, 3.8) is 0 Å². The van der Waals surface area contributed by atoms with Crippen molar-refractivity contribution in [3.05, 3.63) is 0 Å². The van der Waals surface area contributed by atoms with Crippen molar-refractivity contribution in [2.24, 2.45) is 11.7 Å². The Hall–Kier alpha value is -0.0800. The van der Waals surface area contributed by atoms with Crippen LogP contribution in [0.15, 0.2) is 0 Å². The molecule has 1 fully saturated rings. The van der Waals surface area contributed by atoms with Crippen molar-refractivity contribution in [1.82, 2.24) is 4.90 Å². The fraction of sp³-hybridized carbons (Fsp3) is 1.00. The van der Waals surface area contributed by atoms with Crippen LogP contribution in [0.5, 0.6) is 0 Å². The van der Waals surface area contributed by atoms with Gasteiger partial charge in [-0.15, -0.1) is 0 Å². The Kier molecular flexibility index (Phi) is 6.20. The highest BCUT2D eigenvalue weighted by Crippen LogP contribution is 2.19. The van der Waals surface area contributed by atoms with Crippen molar-refractivity contribution in [3.8, 4) is 0 Å². The number of hydrogen-bond donors (Lipinski definition) is 1. The van der Waals surface area contributed by atoms with Crippen LogP contribution in [0.1, 0.15) is 45.4 Å². The zero-order chi connectivity index (χ0) is 10.2. The lowest BCUT2D eigenvalue weighted by molar-refractivity contribution is 0.169. The third kappa shape index (κ3) is 4.43. The van der Waals surface area contributed by atoms with Crippen molar-refractivity contribution in [2.45, 2.75) is 45.4 Å². The average molecular weight is 198 g/mol. The van der Waals surface area contributed by atoms with Crippen LogP contribution >= 0.6 is 0 Å². The summed E-state index contributed by atoms with van der Waals surface area (Å²) in [6.45, 7) is 7.16. The quantitative estimate of drug-likeness (QED) is 0.663. The summed E-state index contributed by atoms with van der Waals surface area (Å²) in [5.74, 6) is 0.971. The largest absolute Gasteiger partial charge is 0.330 e. The molecule has 1 rings (SSSR count). The van der Waals surface area contributed by atoms with Crippen LogP contribution < -0.4 is 5.73 Å². The lowest BCUT2D eigenvalue weighted by Crippen LogP contribution is -2.35. The van der Waals surface area contributed by atoms with Crippen molar-refractivity contribution in [2.75, 3.05) is 26.2 Å². The molecule has 0 aliphatic carbocycles. The van der Waals surface area contributed by atoms with Gasteiger partial charge in [-0.3, -0.25) is 0 Å². The van der Waals surface area contributed by atoms with Crippen LogP contribution in [0.2, 0.25) is 0 Å². The molecule has 0 amide bonds. The highest BCUT2D eigenvalue weighted by Gasteiger charge is 2.17. The van der Waals surface area contributed by atoms with Gasteiger partial charge in [0, 0.05) is 6.54 Å². The maximum Gasteiger partial charge on any atom is 0.000956 e. The summed E-state index contributed by atoms with van der Waals surface area (Å²) in [5, 5.41) is 0. The smallest absolute Gasteiger partial charge is 0.000956 e. The molecule has 0 aromatic carbocycles. The van der Waals surface area contributed by atoms with Gasteiger partial charge >= 0.3 is 0 Å². The van der Waals surface area contributed by atoms with Gasteiger partial charge in [-0.1, -0.05) is 19.8 Å². The van der Waals surface area contributed by atoms with Gasteiger partial charge in [-0.05, 0) is 51.2 Å². The standard InChI is InChI=1S/C12H26N2/c1-2-12-7-6-10-14(11-12)9-5-3-4-8-13/h12H,2-11,13H2,1H3. The summed E-state index contributed by atoms with van der Waals surface area (Å²) in [5.41, 5.74) is 5.48. The Morgan fingerprint density at radius 1 is 1.29 bits per heavy atom. The average Bonchev–Trinajstić information content (AvgIpc) is 2.25. The molecule has 1 heterocycles. The zero-order valence-corrected chi connectivity index (χ0v) is 9.67. The first-order valence-corrected chi connectivity index (χ1v) is 6.29. The van der Waals surface area contributed by atoms with Gasteiger partial charge in [0.1, 0.15) is 0 Å². The fourth-order valence-corrected chi connectivity index (χ4v) is 2.34. The van der Waals surface area contributed by atoms with Crippen LogP contribution in [-0.4, -0.2) is 31.1 Å². The summed E-state index contributed by atoms with van der Waals surface area (Å²) in [6, 6.07) is 0. The molecule has 0 spiro atoms. The Morgan fingerprint density at radius 2 is 2.14 bits per heavy atom. The summed E-state index contributed by atoms with van der Waals surface area (Å²) in [4.78, 5) is 2.65. The van der Waals surface area contributed by atoms with Crippen LogP contribution in [0.25, 0.3) is 0 Å². The maximum atomic E-state index is 5.48. The van der Waals surface area contributed by atoms with Crippen molar-refractivity contribution < 1.29 is 0 Å². The van der Waals surface area contributed by atoms with Crippen LogP contribution in [-0.2, 0) is 0 Å².